The monoisotopic (exact) mass is 407 g/mol. The number of carbonyl (C=O) groups is 3. The van der Waals surface area contributed by atoms with Gasteiger partial charge >= 0.3 is 6.09 Å². The SMILES string of the molecule is CN(C)C(=O)Sc1ccccc1NC(=O)C1CCCN(C(=O)OC(C)(C)C)C1. The van der Waals surface area contributed by atoms with Gasteiger partial charge in [-0.2, -0.15) is 0 Å². The van der Waals surface area contributed by atoms with Crippen molar-refractivity contribution in [1.82, 2.24) is 9.80 Å². The van der Waals surface area contributed by atoms with Gasteiger partial charge in [-0.3, -0.25) is 9.59 Å². The first-order valence-electron chi connectivity index (χ1n) is 9.34. The van der Waals surface area contributed by atoms with Gasteiger partial charge < -0.3 is 19.9 Å². The molecule has 1 aromatic rings. The van der Waals surface area contributed by atoms with Crippen molar-refractivity contribution >= 4 is 34.7 Å². The zero-order valence-electron chi connectivity index (χ0n) is 17.2. The van der Waals surface area contributed by atoms with Crippen LogP contribution in [0.1, 0.15) is 33.6 Å². The van der Waals surface area contributed by atoms with Crippen LogP contribution >= 0.6 is 11.8 Å². The molecule has 154 valence electrons. The third kappa shape index (κ3) is 6.44. The molecule has 3 amide bonds. The van der Waals surface area contributed by atoms with E-state index < -0.39 is 11.7 Å². The maximum absolute atomic E-state index is 12.8. The molecule has 2 rings (SSSR count). The van der Waals surface area contributed by atoms with Crippen LogP contribution in [0.25, 0.3) is 0 Å². The second-order valence-corrected chi connectivity index (χ2v) is 9.01. The Labute approximate surface area is 170 Å². The summed E-state index contributed by atoms with van der Waals surface area (Å²) >= 11 is 1.07. The number of para-hydroxylation sites is 1. The van der Waals surface area contributed by atoms with Crippen LogP contribution in [0.15, 0.2) is 29.2 Å². The summed E-state index contributed by atoms with van der Waals surface area (Å²) in [5.74, 6) is -0.470. The van der Waals surface area contributed by atoms with Crippen molar-refractivity contribution in [3.8, 4) is 0 Å². The lowest BCUT2D eigenvalue weighted by molar-refractivity contribution is -0.121. The molecule has 1 aliphatic heterocycles. The van der Waals surface area contributed by atoms with E-state index >= 15 is 0 Å². The van der Waals surface area contributed by atoms with Crippen LogP contribution in [0.3, 0.4) is 0 Å². The number of nitrogens with zero attached hydrogens (tertiary/aromatic N) is 2. The summed E-state index contributed by atoms with van der Waals surface area (Å²) < 4.78 is 5.42. The van der Waals surface area contributed by atoms with Gasteiger partial charge in [-0.15, -0.1) is 0 Å². The first-order chi connectivity index (χ1) is 13.1. The second-order valence-electron chi connectivity index (χ2n) is 8.01. The highest BCUT2D eigenvalue weighted by atomic mass is 32.2. The van der Waals surface area contributed by atoms with E-state index in [-0.39, 0.29) is 17.1 Å². The molecule has 1 saturated heterocycles. The van der Waals surface area contributed by atoms with E-state index in [2.05, 4.69) is 5.32 Å². The predicted octanol–water partition coefficient (Wildman–Crippen LogP) is 4.05. The minimum absolute atomic E-state index is 0.115. The molecule has 1 atom stereocenters. The summed E-state index contributed by atoms with van der Waals surface area (Å²) in [7, 11) is 3.37. The predicted molar refractivity (Wildman–Crippen MR) is 111 cm³/mol. The van der Waals surface area contributed by atoms with Crippen LogP contribution in [0, 0.1) is 5.92 Å². The molecule has 7 nitrogen and oxygen atoms in total. The van der Waals surface area contributed by atoms with E-state index in [4.69, 9.17) is 4.74 Å². The van der Waals surface area contributed by atoms with E-state index in [0.717, 1.165) is 18.2 Å². The lowest BCUT2D eigenvalue weighted by Gasteiger charge is -2.33. The fourth-order valence-corrected chi connectivity index (χ4v) is 3.51. The van der Waals surface area contributed by atoms with Gasteiger partial charge in [0.1, 0.15) is 5.60 Å². The molecule has 0 bridgehead atoms. The number of ether oxygens (including phenoxy) is 1. The Morgan fingerprint density at radius 1 is 1.21 bits per heavy atom. The minimum Gasteiger partial charge on any atom is -0.444 e. The quantitative estimate of drug-likeness (QED) is 0.765. The van der Waals surface area contributed by atoms with Gasteiger partial charge in [0, 0.05) is 32.1 Å². The third-order valence-corrected chi connectivity index (χ3v) is 5.27. The standard InChI is InChI=1S/C20H29N3O4S/c1-20(2,3)27-18(25)23-12-8-9-14(13-23)17(24)21-15-10-6-7-11-16(15)28-19(26)22(4)5/h6-7,10-11,14H,8-9,12-13H2,1-5H3,(H,21,24). The first-order valence-corrected chi connectivity index (χ1v) is 10.2. The summed E-state index contributed by atoms with van der Waals surface area (Å²) in [4.78, 5) is 40.9. The Morgan fingerprint density at radius 2 is 1.89 bits per heavy atom. The summed E-state index contributed by atoms with van der Waals surface area (Å²) in [6, 6.07) is 7.21. The first kappa shape index (κ1) is 22.1. The normalized spacial score (nSPS) is 17.0. The minimum atomic E-state index is -0.568. The van der Waals surface area contributed by atoms with E-state index in [9.17, 15) is 14.4 Å². The van der Waals surface area contributed by atoms with Crippen molar-refractivity contribution in [1.29, 1.82) is 0 Å². The number of hydrogen-bond donors (Lipinski definition) is 1. The number of likely N-dealkylation sites (tertiary alicyclic amines) is 1. The van der Waals surface area contributed by atoms with Gasteiger partial charge in [-0.25, -0.2) is 4.79 Å². The number of piperidine rings is 1. The van der Waals surface area contributed by atoms with Gasteiger partial charge in [0.15, 0.2) is 0 Å². The number of rotatable bonds is 3. The fourth-order valence-electron chi connectivity index (χ4n) is 2.76. The molecule has 1 N–H and O–H groups in total. The number of thioether (sulfide) groups is 1. The van der Waals surface area contributed by atoms with Gasteiger partial charge in [0.2, 0.25) is 5.91 Å². The number of benzene rings is 1. The molecule has 0 radical (unpaired) electrons. The Bertz CT molecular complexity index is 730. The number of anilines is 1. The van der Waals surface area contributed by atoms with Crippen LogP contribution in [0.5, 0.6) is 0 Å². The van der Waals surface area contributed by atoms with Gasteiger partial charge in [-0.05, 0) is 57.5 Å². The lowest BCUT2D eigenvalue weighted by Crippen LogP contribution is -2.45. The molecule has 1 aliphatic rings. The Morgan fingerprint density at radius 3 is 2.54 bits per heavy atom. The molecule has 1 heterocycles. The zero-order valence-corrected chi connectivity index (χ0v) is 18.0. The zero-order chi connectivity index (χ0) is 20.9. The van der Waals surface area contributed by atoms with Gasteiger partial charge in [0.05, 0.1) is 11.6 Å². The van der Waals surface area contributed by atoms with E-state index in [1.807, 2.05) is 32.9 Å². The number of amides is 3. The van der Waals surface area contributed by atoms with Crippen LogP contribution in [-0.2, 0) is 9.53 Å². The molecule has 8 heteroatoms. The largest absolute Gasteiger partial charge is 0.444 e. The summed E-state index contributed by atoms with van der Waals surface area (Å²) in [6.45, 7) is 6.38. The fraction of sp³-hybridized carbons (Fsp3) is 0.550. The van der Waals surface area contributed by atoms with Gasteiger partial charge in [-0.1, -0.05) is 12.1 Å². The van der Waals surface area contributed by atoms with Crippen molar-refractivity contribution in [2.24, 2.45) is 5.92 Å². The number of nitrogens with one attached hydrogen (secondary N) is 1. The molecule has 0 spiro atoms. The second kappa shape index (κ2) is 9.32. The highest BCUT2D eigenvalue weighted by Crippen LogP contribution is 2.29. The highest BCUT2D eigenvalue weighted by molar-refractivity contribution is 8.13. The smallest absolute Gasteiger partial charge is 0.410 e. The molecule has 28 heavy (non-hydrogen) atoms. The maximum atomic E-state index is 12.8. The summed E-state index contributed by atoms with van der Waals surface area (Å²) in [5, 5.41) is 2.81. The topological polar surface area (TPSA) is 79.0 Å². The molecule has 0 aliphatic carbocycles. The highest BCUT2D eigenvalue weighted by Gasteiger charge is 2.31. The third-order valence-electron chi connectivity index (χ3n) is 4.15. The van der Waals surface area contributed by atoms with Crippen molar-refractivity contribution in [2.75, 3.05) is 32.5 Å². The molecule has 1 aromatic carbocycles. The summed E-state index contributed by atoms with van der Waals surface area (Å²) in [5.41, 5.74) is 0.0311. The van der Waals surface area contributed by atoms with Crippen LogP contribution in [-0.4, -0.2) is 59.8 Å². The van der Waals surface area contributed by atoms with E-state index in [0.29, 0.717) is 30.1 Å². The van der Waals surface area contributed by atoms with Crippen LogP contribution in [0.4, 0.5) is 15.3 Å². The van der Waals surface area contributed by atoms with E-state index in [1.54, 1.807) is 31.1 Å². The molecule has 1 fully saturated rings. The van der Waals surface area contributed by atoms with Crippen LogP contribution in [0.2, 0.25) is 0 Å². The Hall–Kier alpha value is -2.22. The number of hydrogen-bond acceptors (Lipinski definition) is 5. The van der Waals surface area contributed by atoms with Crippen molar-refractivity contribution in [3.63, 3.8) is 0 Å². The average molecular weight is 408 g/mol. The summed E-state index contributed by atoms with van der Waals surface area (Å²) in [6.07, 6.45) is 1.06. The molecular weight excluding hydrogens is 378 g/mol. The molecule has 0 saturated carbocycles. The number of carbonyl (C=O) groups excluding carboxylic acids is 3. The van der Waals surface area contributed by atoms with Crippen molar-refractivity contribution in [2.45, 2.75) is 44.1 Å². The van der Waals surface area contributed by atoms with E-state index in [1.165, 1.54) is 4.90 Å². The molecular formula is C20H29N3O4S. The van der Waals surface area contributed by atoms with Gasteiger partial charge in [0.25, 0.3) is 5.24 Å². The van der Waals surface area contributed by atoms with Crippen molar-refractivity contribution < 1.29 is 19.1 Å². The maximum Gasteiger partial charge on any atom is 0.410 e. The molecule has 1 unspecified atom stereocenters. The lowest BCUT2D eigenvalue weighted by atomic mass is 9.97. The Kier molecular flexibility index (Phi) is 7.35. The van der Waals surface area contributed by atoms with Crippen molar-refractivity contribution in [3.05, 3.63) is 24.3 Å². The average Bonchev–Trinajstić information content (AvgIpc) is 2.61. The molecule has 0 aromatic heterocycles. The Balaban J connectivity index is 2.03. The van der Waals surface area contributed by atoms with Crippen LogP contribution < -0.4 is 5.32 Å².